The van der Waals surface area contributed by atoms with E-state index in [4.69, 9.17) is 16.3 Å². The number of rotatable bonds is 5. The maximum absolute atomic E-state index is 12.8. The molecule has 0 spiro atoms. The van der Waals surface area contributed by atoms with Crippen molar-refractivity contribution < 1.29 is 9.13 Å². The van der Waals surface area contributed by atoms with Gasteiger partial charge in [-0.3, -0.25) is 0 Å². The second kappa shape index (κ2) is 5.80. The van der Waals surface area contributed by atoms with Gasteiger partial charge in [-0.05, 0) is 50.0 Å². The first-order chi connectivity index (χ1) is 8.19. The van der Waals surface area contributed by atoms with Crippen LogP contribution in [0.15, 0.2) is 18.2 Å². The normalized spacial score (nSPS) is 23.5. The molecule has 0 aliphatic heterocycles. The van der Waals surface area contributed by atoms with Crippen LogP contribution in [-0.2, 0) is 11.3 Å². The Labute approximate surface area is 106 Å². The maximum atomic E-state index is 12.8. The monoisotopic (exact) mass is 257 g/mol. The van der Waals surface area contributed by atoms with Crippen molar-refractivity contribution in [1.82, 2.24) is 5.32 Å². The molecule has 17 heavy (non-hydrogen) atoms. The van der Waals surface area contributed by atoms with Gasteiger partial charge in [-0.25, -0.2) is 4.39 Å². The predicted molar refractivity (Wildman–Crippen MR) is 66.6 cm³/mol. The van der Waals surface area contributed by atoms with Crippen LogP contribution in [0.25, 0.3) is 0 Å². The van der Waals surface area contributed by atoms with Crippen LogP contribution in [0.5, 0.6) is 0 Å². The summed E-state index contributed by atoms with van der Waals surface area (Å²) < 4.78 is 18.6. The lowest BCUT2D eigenvalue weighted by Gasteiger charge is -2.35. The molecular weight excluding hydrogens is 241 g/mol. The minimum absolute atomic E-state index is 0.309. The summed E-state index contributed by atoms with van der Waals surface area (Å²) in [6, 6.07) is 4.42. The van der Waals surface area contributed by atoms with Gasteiger partial charge in [-0.15, -0.1) is 0 Å². The Kier molecular flexibility index (Phi) is 4.37. The third kappa shape index (κ3) is 3.41. The summed E-state index contributed by atoms with van der Waals surface area (Å²) >= 11 is 5.92. The standard InChI is InChI=1S/C13H17ClFNO/c1-16-7-9-4-12(5-9)17-8-10-2-3-11(15)6-13(10)14/h2-3,6,9,12,16H,4-5,7-8H2,1H3. The van der Waals surface area contributed by atoms with Gasteiger partial charge in [0, 0.05) is 5.02 Å². The van der Waals surface area contributed by atoms with Gasteiger partial charge in [0.2, 0.25) is 0 Å². The molecule has 2 nitrogen and oxygen atoms in total. The van der Waals surface area contributed by atoms with Crippen molar-refractivity contribution in [3.8, 4) is 0 Å². The zero-order chi connectivity index (χ0) is 12.3. The molecule has 0 saturated heterocycles. The summed E-state index contributed by atoms with van der Waals surface area (Å²) in [4.78, 5) is 0. The lowest BCUT2D eigenvalue weighted by molar-refractivity contribution is -0.0391. The van der Waals surface area contributed by atoms with Crippen molar-refractivity contribution in [1.29, 1.82) is 0 Å². The van der Waals surface area contributed by atoms with Crippen LogP contribution in [0, 0.1) is 11.7 Å². The third-order valence-electron chi connectivity index (χ3n) is 3.17. The topological polar surface area (TPSA) is 21.3 Å². The summed E-state index contributed by atoms with van der Waals surface area (Å²) in [5, 5.41) is 3.60. The molecule has 0 amide bonds. The Hall–Kier alpha value is -0.640. The van der Waals surface area contributed by atoms with Gasteiger partial charge in [0.1, 0.15) is 5.82 Å². The van der Waals surface area contributed by atoms with Gasteiger partial charge >= 0.3 is 0 Å². The molecule has 0 bridgehead atoms. The summed E-state index contributed by atoms with van der Waals surface area (Å²) in [5.74, 6) is 0.421. The molecule has 1 aliphatic carbocycles. The average Bonchev–Trinajstić information content (AvgIpc) is 2.23. The number of hydrogen-bond acceptors (Lipinski definition) is 2. The fourth-order valence-corrected chi connectivity index (χ4v) is 2.33. The summed E-state index contributed by atoms with van der Waals surface area (Å²) in [6.07, 6.45) is 2.52. The summed E-state index contributed by atoms with van der Waals surface area (Å²) in [6.45, 7) is 1.52. The Balaban J connectivity index is 1.76. The smallest absolute Gasteiger partial charge is 0.124 e. The molecule has 0 aromatic heterocycles. The van der Waals surface area contributed by atoms with Crippen LogP contribution in [0.4, 0.5) is 4.39 Å². The number of nitrogens with one attached hydrogen (secondary N) is 1. The van der Waals surface area contributed by atoms with Crippen molar-refractivity contribution in [3.05, 3.63) is 34.6 Å². The van der Waals surface area contributed by atoms with Crippen LogP contribution < -0.4 is 5.32 Å². The quantitative estimate of drug-likeness (QED) is 0.876. The SMILES string of the molecule is CNCC1CC(OCc2ccc(F)cc2Cl)C1. The highest BCUT2D eigenvalue weighted by Crippen LogP contribution is 2.30. The minimum atomic E-state index is -0.309. The molecule has 94 valence electrons. The predicted octanol–water partition coefficient (Wildman–Crippen LogP) is 2.99. The fourth-order valence-electron chi connectivity index (χ4n) is 2.11. The van der Waals surface area contributed by atoms with E-state index in [9.17, 15) is 4.39 Å². The van der Waals surface area contributed by atoms with Gasteiger partial charge < -0.3 is 10.1 Å². The molecule has 2 rings (SSSR count). The number of ether oxygens (including phenoxy) is 1. The zero-order valence-electron chi connectivity index (χ0n) is 9.88. The second-order valence-corrected chi connectivity index (χ2v) is 4.97. The summed E-state index contributed by atoms with van der Waals surface area (Å²) in [7, 11) is 1.96. The highest BCUT2D eigenvalue weighted by atomic mass is 35.5. The first-order valence-corrected chi connectivity index (χ1v) is 6.27. The van der Waals surface area contributed by atoms with Crippen LogP contribution in [0.3, 0.4) is 0 Å². The Morgan fingerprint density at radius 3 is 2.88 bits per heavy atom. The van der Waals surface area contributed by atoms with Crippen LogP contribution in [-0.4, -0.2) is 19.7 Å². The van der Waals surface area contributed by atoms with Crippen molar-refractivity contribution in [3.63, 3.8) is 0 Å². The van der Waals surface area contributed by atoms with Gasteiger partial charge in [0.25, 0.3) is 0 Å². The van der Waals surface area contributed by atoms with Crippen LogP contribution >= 0.6 is 11.6 Å². The zero-order valence-corrected chi connectivity index (χ0v) is 10.6. The molecule has 0 unspecified atom stereocenters. The lowest BCUT2D eigenvalue weighted by atomic mass is 9.82. The number of halogens is 2. The van der Waals surface area contributed by atoms with E-state index in [0.29, 0.717) is 17.7 Å². The van der Waals surface area contributed by atoms with Gasteiger partial charge in [-0.1, -0.05) is 17.7 Å². The number of hydrogen-bond donors (Lipinski definition) is 1. The largest absolute Gasteiger partial charge is 0.373 e. The van der Waals surface area contributed by atoms with E-state index >= 15 is 0 Å². The van der Waals surface area contributed by atoms with E-state index in [-0.39, 0.29) is 5.82 Å². The third-order valence-corrected chi connectivity index (χ3v) is 3.53. The maximum Gasteiger partial charge on any atom is 0.124 e. The van der Waals surface area contributed by atoms with Crippen molar-refractivity contribution >= 4 is 11.6 Å². The Bertz CT molecular complexity index is 380. The molecule has 1 aliphatic rings. The Morgan fingerprint density at radius 1 is 1.47 bits per heavy atom. The van der Waals surface area contributed by atoms with Gasteiger partial charge in [0.05, 0.1) is 12.7 Å². The molecule has 1 fully saturated rings. The molecule has 1 aromatic rings. The fraction of sp³-hybridized carbons (Fsp3) is 0.538. The molecule has 0 atom stereocenters. The van der Waals surface area contributed by atoms with Crippen molar-refractivity contribution in [2.75, 3.05) is 13.6 Å². The van der Waals surface area contributed by atoms with E-state index in [0.717, 1.165) is 30.9 Å². The summed E-state index contributed by atoms with van der Waals surface area (Å²) in [5.41, 5.74) is 0.852. The van der Waals surface area contributed by atoms with Gasteiger partial charge in [0.15, 0.2) is 0 Å². The van der Waals surface area contributed by atoms with E-state index in [1.807, 2.05) is 7.05 Å². The Morgan fingerprint density at radius 2 is 2.24 bits per heavy atom. The highest BCUT2D eigenvalue weighted by Gasteiger charge is 2.29. The first kappa shape index (κ1) is 12.8. The highest BCUT2D eigenvalue weighted by molar-refractivity contribution is 6.31. The van der Waals surface area contributed by atoms with E-state index in [1.54, 1.807) is 6.07 Å². The molecule has 1 aromatic carbocycles. The second-order valence-electron chi connectivity index (χ2n) is 4.56. The molecule has 1 N–H and O–H groups in total. The minimum Gasteiger partial charge on any atom is -0.373 e. The average molecular weight is 258 g/mol. The van der Waals surface area contributed by atoms with Gasteiger partial charge in [-0.2, -0.15) is 0 Å². The molecule has 1 saturated carbocycles. The molecule has 4 heteroatoms. The van der Waals surface area contributed by atoms with E-state index < -0.39 is 0 Å². The van der Waals surface area contributed by atoms with E-state index in [2.05, 4.69) is 5.32 Å². The van der Waals surface area contributed by atoms with Crippen LogP contribution in [0.1, 0.15) is 18.4 Å². The molecule has 0 radical (unpaired) electrons. The number of benzene rings is 1. The first-order valence-electron chi connectivity index (χ1n) is 5.89. The van der Waals surface area contributed by atoms with E-state index in [1.165, 1.54) is 12.1 Å². The molecular formula is C13H17ClFNO. The lowest BCUT2D eigenvalue weighted by Crippen LogP contribution is -2.36. The van der Waals surface area contributed by atoms with Crippen molar-refractivity contribution in [2.45, 2.75) is 25.6 Å². The van der Waals surface area contributed by atoms with Crippen LogP contribution in [0.2, 0.25) is 5.02 Å². The molecule has 0 heterocycles. The van der Waals surface area contributed by atoms with Crippen molar-refractivity contribution in [2.24, 2.45) is 5.92 Å².